The Labute approximate surface area is 101 Å². The Morgan fingerprint density at radius 2 is 2.19 bits per heavy atom. The molecule has 0 aromatic carbocycles. The SMILES string of the molecule is CCOCCN(CC)c1cc(N)cc(Cl)n1. The van der Waals surface area contributed by atoms with Crippen molar-refractivity contribution in [3.05, 3.63) is 17.3 Å². The molecule has 0 fully saturated rings. The number of aromatic nitrogens is 1. The number of hydrogen-bond donors (Lipinski definition) is 1. The summed E-state index contributed by atoms with van der Waals surface area (Å²) in [7, 11) is 0. The van der Waals surface area contributed by atoms with Crippen LogP contribution in [0.3, 0.4) is 0 Å². The molecule has 0 amide bonds. The maximum absolute atomic E-state index is 5.86. The van der Waals surface area contributed by atoms with Gasteiger partial charge in [-0.3, -0.25) is 0 Å². The van der Waals surface area contributed by atoms with E-state index in [0.717, 1.165) is 25.5 Å². The summed E-state index contributed by atoms with van der Waals surface area (Å²) in [6, 6.07) is 3.46. The predicted octanol–water partition coefficient (Wildman–Crippen LogP) is 2.18. The topological polar surface area (TPSA) is 51.4 Å². The van der Waals surface area contributed by atoms with Gasteiger partial charge < -0.3 is 15.4 Å². The van der Waals surface area contributed by atoms with E-state index in [1.807, 2.05) is 13.0 Å². The highest BCUT2D eigenvalue weighted by Crippen LogP contribution is 2.19. The van der Waals surface area contributed by atoms with E-state index < -0.39 is 0 Å². The minimum Gasteiger partial charge on any atom is -0.399 e. The molecule has 16 heavy (non-hydrogen) atoms. The van der Waals surface area contributed by atoms with Crippen molar-refractivity contribution in [3.63, 3.8) is 0 Å². The van der Waals surface area contributed by atoms with Gasteiger partial charge in [0.25, 0.3) is 0 Å². The summed E-state index contributed by atoms with van der Waals surface area (Å²) in [6.07, 6.45) is 0. The number of anilines is 2. The molecule has 1 heterocycles. The summed E-state index contributed by atoms with van der Waals surface area (Å²) in [4.78, 5) is 6.32. The quantitative estimate of drug-likeness (QED) is 0.615. The van der Waals surface area contributed by atoms with Crippen molar-refractivity contribution in [2.45, 2.75) is 13.8 Å². The normalized spacial score (nSPS) is 10.4. The Morgan fingerprint density at radius 1 is 1.44 bits per heavy atom. The molecule has 2 N–H and O–H groups in total. The number of nitrogen functional groups attached to an aromatic ring is 1. The summed E-state index contributed by atoms with van der Waals surface area (Å²) < 4.78 is 5.31. The van der Waals surface area contributed by atoms with E-state index >= 15 is 0 Å². The fourth-order valence-corrected chi connectivity index (χ4v) is 1.63. The van der Waals surface area contributed by atoms with Crippen molar-refractivity contribution < 1.29 is 4.74 Å². The van der Waals surface area contributed by atoms with Crippen LogP contribution in [0.25, 0.3) is 0 Å². The zero-order chi connectivity index (χ0) is 12.0. The van der Waals surface area contributed by atoms with E-state index in [9.17, 15) is 0 Å². The number of ether oxygens (including phenoxy) is 1. The smallest absolute Gasteiger partial charge is 0.133 e. The van der Waals surface area contributed by atoms with Crippen LogP contribution in [0.15, 0.2) is 12.1 Å². The van der Waals surface area contributed by atoms with Crippen LogP contribution in [0.2, 0.25) is 5.15 Å². The molecule has 0 aliphatic rings. The van der Waals surface area contributed by atoms with Gasteiger partial charge in [0, 0.05) is 31.5 Å². The number of nitrogens with zero attached hydrogens (tertiary/aromatic N) is 2. The average molecular weight is 244 g/mol. The lowest BCUT2D eigenvalue weighted by atomic mass is 10.3. The Hall–Kier alpha value is -1.00. The van der Waals surface area contributed by atoms with Gasteiger partial charge in [-0.05, 0) is 19.9 Å². The maximum atomic E-state index is 5.86. The third-order valence-electron chi connectivity index (χ3n) is 2.22. The third-order valence-corrected chi connectivity index (χ3v) is 2.41. The van der Waals surface area contributed by atoms with E-state index in [1.165, 1.54) is 0 Å². The summed E-state index contributed by atoms with van der Waals surface area (Å²) in [6.45, 7) is 7.08. The number of nitrogens with two attached hydrogens (primary N) is 1. The molecule has 0 saturated carbocycles. The van der Waals surface area contributed by atoms with Gasteiger partial charge >= 0.3 is 0 Å². The number of hydrogen-bond acceptors (Lipinski definition) is 4. The molecule has 0 bridgehead atoms. The molecule has 0 unspecified atom stereocenters. The standard InChI is InChI=1S/C11H18ClN3O/c1-3-15(5-6-16-4-2)11-8-9(13)7-10(12)14-11/h7-8H,3-6H2,1-2H3,(H2,13,14). The number of likely N-dealkylation sites (N-methyl/N-ethyl adjacent to an activating group) is 1. The molecule has 4 nitrogen and oxygen atoms in total. The second kappa shape index (κ2) is 6.55. The van der Waals surface area contributed by atoms with E-state index in [-0.39, 0.29) is 0 Å². The predicted molar refractivity (Wildman–Crippen MR) is 68.0 cm³/mol. The Balaban J connectivity index is 2.70. The molecule has 1 aromatic rings. The minimum atomic E-state index is 0.421. The van der Waals surface area contributed by atoms with Gasteiger partial charge in [-0.15, -0.1) is 0 Å². The first-order chi connectivity index (χ1) is 7.67. The minimum absolute atomic E-state index is 0.421. The van der Waals surface area contributed by atoms with Gasteiger partial charge in [0.2, 0.25) is 0 Å². The number of halogens is 1. The molecular formula is C11H18ClN3O. The second-order valence-electron chi connectivity index (χ2n) is 3.36. The summed E-state index contributed by atoms with van der Waals surface area (Å²) in [5.74, 6) is 0.798. The van der Waals surface area contributed by atoms with Crippen molar-refractivity contribution in [2.24, 2.45) is 0 Å². The van der Waals surface area contributed by atoms with Crippen LogP contribution in [-0.4, -0.2) is 31.3 Å². The Bertz CT molecular complexity index is 313. The van der Waals surface area contributed by atoms with Crippen LogP contribution in [0.1, 0.15) is 13.8 Å². The van der Waals surface area contributed by atoms with Crippen molar-refractivity contribution in [1.29, 1.82) is 0 Å². The lowest BCUT2D eigenvalue weighted by Crippen LogP contribution is -2.28. The molecule has 1 aromatic heterocycles. The molecule has 0 saturated heterocycles. The van der Waals surface area contributed by atoms with Gasteiger partial charge in [0.1, 0.15) is 11.0 Å². The fourth-order valence-electron chi connectivity index (χ4n) is 1.42. The largest absolute Gasteiger partial charge is 0.399 e. The zero-order valence-electron chi connectivity index (χ0n) is 9.74. The van der Waals surface area contributed by atoms with Gasteiger partial charge in [0.05, 0.1) is 6.61 Å². The first kappa shape index (κ1) is 13.1. The number of pyridine rings is 1. The highest BCUT2D eigenvalue weighted by Gasteiger charge is 2.07. The van der Waals surface area contributed by atoms with E-state index in [1.54, 1.807) is 6.07 Å². The average Bonchev–Trinajstić information content (AvgIpc) is 2.23. The van der Waals surface area contributed by atoms with E-state index in [0.29, 0.717) is 17.4 Å². The third kappa shape index (κ3) is 3.87. The molecule has 0 aliphatic carbocycles. The number of rotatable bonds is 6. The summed E-state index contributed by atoms with van der Waals surface area (Å²) in [5, 5.41) is 0.421. The molecule has 0 atom stereocenters. The second-order valence-corrected chi connectivity index (χ2v) is 3.75. The molecule has 5 heteroatoms. The summed E-state index contributed by atoms with van der Waals surface area (Å²) >= 11 is 5.86. The Morgan fingerprint density at radius 3 is 2.75 bits per heavy atom. The van der Waals surface area contributed by atoms with Gasteiger partial charge in [-0.1, -0.05) is 11.6 Å². The van der Waals surface area contributed by atoms with Crippen molar-refractivity contribution in [2.75, 3.05) is 36.9 Å². The first-order valence-electron chi connectivity index (χ1n) is 5.43. The molecule has 1 rings (SSSR count). The lowest BCUT2D eigenvalue weighted by molar-refractivity contribution is 0.154. The van der Waals surface area contributed by atoms with Crippen LogP contribution < -0.4 is 10.6 Å². The molecule has 90 valence electrons. The van der Waals surface area contributed by atoms with Crippen LogP contribution >= 0.6 is 11.6 Å². The van der Waals surface area contributed by atoms with Crippen molar-refractivity contribution in [1.82, 2.24) is 4.98 Å². The van der Waals surface area contributed by atoms with Gasteiger partial charge in [0.15, 0.2) is 0 Å². The van der Waals surface area contributed by atoms with Crippen LogP contribution in [-0.2, 0) is 4.74 Å². The monoisotopic (exact) mass is 243 g/mol. The van der Waals surface area contributed by atoms with Crippen molar-refractivity contribution >= 4 is 23.1 Å². The van der Waals surface area contributed by atoms with E-state index in [4.69, 9.17) is 22.1 Å². The lowest BCUT2D eigenvalue weighted by Gasteiger charge is -2.22. The molecule has 0 aliphatic heterocycles. The molecular weight excluding hydrogens is 226 g/mol. The van der Waals surface area contributed by atoms with Crippen LogP contribution in [0, 0.1) is 0 Å². The van der Waals surface area contributed by atoms with Gasteiger partial charge in [-0.25, -0.2) is 4.98 Å². The highest BCUT2D eigenvalue weighted by atomic mass is 35.5. The first-order valence-corrected chi connectivity index (χ1v) is 5.81. The van der Waals surface area contributed by atoms with Crippen molar-refractivity contribution in [3.8, 4) is 0 Å². The molecule has 0 spiro atoms. The zero-order valence-corrected chi connectivity index (χ0v) is 10.5. The Kier molecular flexibility index (Phi) is 5.35. The van der Waals surface area contributed by atoms with E-state index in [2.05, 4.69) is 16.8 Å². The van der Waals surface area contributed by atoms with Crippen LogP contribution in [0.5, 0.6) is 0 Å². The molecule has 0 radical (unpaired) electrons. The summed E-state index contributed by atoms with van der Waals surface area (Å²) in [5.41, 5.74) is 6.35. The van der Waals surface area contributed by atoms with Crippen LogP contribution in [0.4, 0.5) is 11.5 Å². The highest BCUT2D eigenvalue weighted by molar-refractivity contribution is 6.29. The fraction of sp³-hybridized carbons (Fsp3) is 0.545. The van der Waals surface area contributed by atoms with Gasteiger partial charge in [-0.2, -0.15) is 0 Å². The maximum Gasteiger partial charge on any atom is 0.133 e.